The second kappa shape index (κ2) is 7.80. The van der Waals surface area contributed by atoms with Crippen molar-refractivity contribution in [1.29, 1.82) is 0 Å². The summed E-state index contributed by atoms with van der Waals surface area (Å²) >= 11 is 6.11. The number of carbonyl (C=O) groups is 1. The minimum absolute atomic E-state index is 0.260. The molecule has 0 aliphatic carbocycles. The van der Waals surface area contributed by atoms with Crippen LogP contribution in [-0.4, -0.2) is 35.9 Å². The standard InChI is InChI=1S/C18H18ClFN2O3/c19-16-10-21-17(20)9-15(16)13-2-1-3-14(8-13)22(18(23)24)11-12-4-6-25-7-5-12/h1-3,8-10,12H,4-7,11H2,(H,23,24). The van der Waals surface area contributed by atoms with E-state index in [9.17, 15) is 14.3 Å². The lowest BCUT2D eigenvalue weighted by molar-refractivity contribution is 0.0680. The van der Waals surface area contributed by atoms with Crippen LogP contribution >= 0.6 is 11.6 Å². The van der Waals surface area contributed by atoms with Crippen LogP contribution in [0.3, 0.4) is 0 Å². The predicted molar refractivity (Wildman–Crippen MR) is 93.6 cm³/mol. The highest BCUT2D eigenvalue weighted by molar-refractivity contribution is 6.33. The molecule has 0 radical (unpaired) electrons. The van der Waals surface area contributed by atoms with Crippen LogP contribution in [0.1, 0.15) is 12.8 Å². The predicted octanol–water partition coefficient (Wildman–Crippen LogP) is 4.45. The number of pyridine rings is 1. The van der Waals surface area contributed by atoms with Gasteiger partial charge < -0.3 is 9.84 Å². The van der Waals surface area contributed by atoms with Gasteiger partial charge in [0.15, 0.2) is 0 Å². The Balaban J connectivity index is 1.89. The highest BCUT2D eigenvalue weighted by Gasteiger charge is 2.22. The van der Waals surface area contributed by atoms with E-state index in [-0.39, 0.29) is 5.92 Å². The van der Waals surface area contributed by atoms with Crippen molar-refractivity contribution in [2.75, 3.05) is 24.7 Å². The second-order valence-corrected chi connectivity index (χ2v) is 6.39. The molecule has 1 saturated heterocycles. The molecule has 0 unspecified atom stereocenters. The zero-order valence-corrected chi connectivity index (χ0v) is 14.2. The molecule has 0 bridgehead atoms. The van der Waals surface area contributed by atoms with E-state index in [1.165, 1.54) is 17.2 Å². The molecule has 5 nitrogen and oxygen atoms in total. The van der Waals surface area contributed by atoms with Crippen molar-refractivity contribution in [2.24, 2.45) is 5.92 Å². The minimum atomic E-state index is -1.02. The lowest BCUT2D eigenvalue weighted by Gasteiger charge is -2.28. The summed E-state index contributed by atoms with van der Waals surface area (Å²) in [5.74, 6) is -0.377. The van der Waals surface area contributed by atoms with E-state index in [0.717, 1.165) is 12.8 Å². The van der Waals surface area contributed by atoms with E-state index in [4.69, 9.17) is 16.3 Å². The quantitative estimate of drug-likeness (QED) is 0.814. The molecular weight excluding hydrogens is 347 g/mol. The highest BCUT2D eigenvalue weighted by Crippen LogP contribution is 2.31. The number of carboxylic acid groups (broad SMARTS) is 1. The monoisotopic (exact) mass is 364 g/mol. The summed E-state index contributed by atoms with van der Waals surface area (Å²) in [5, 5.41) is 9.93. The van der Waals surface area contributed by atoms with Gasteiger partial charge in [0.05, 0.1) is 5.02 Å². The Bertz CT molecular complexity index is 766. The number of hydrogen-bond acceptors (Lipinski definition) is 3. The van der Waals surface area contributed by atoms with Crippen molar-refractivity contribution >= 4 is 23.4 Å². The molecule has 0 saturated carbocycles. The van der Waals surface area contributed by atoms with Gasteiger partial charge in [-0.3, -0.25) is 4.90 Å². The number of nitrogens with zero attached hydrogens (tertiary/aromatic N) is 2. The number of aromatic nitrogens is 1. The van der Waals surface area contributed by atoms with Gasteiger partial charge >= 0.3 is 6.09 Å². The number of ether oxygens (including phenoxy) is 1. The number of benzene rings is 1. The molecular formula is C18H18ClFN2O3. The normalized spacial score (nSPS) is 15.1. The number of halogens is 2. The molecule has 3 rings (SSSR count). The van der Waals surface area contributed by atoms with Gasteiger partial charge in [-0.15, -0.1) is 0 Å². The SMILES string of the molecule is O=C(O)N(CC1CCOCC1)c1cccc(-c2cc(F)ncc2Cl)c1. The summed E-state index contributed by atoms with van der Waals surface area (Å²) in [6.45, 7) is 1.72. The van der Waals surface area contributed by atoms with Gasteiger partial charge in [0, 0.05) is 43.3 Å². The third-order valence-corrected chi connectivity index (χ3v) is 4.60. The van der Waals surface area contributed by atoms with Crippen LogP contribution in [0.25, 0.3) is 11.1 Å². The first-order chi connectivity index (χ1) is 12.0. The van der Waals surface area contributed by atoms with Gasteiger partial charge in [0.1, 0.15) is 0 Å². The fourth-order valence-electron chi connectivity index (χ4n) is 2.96. The zero-order chi connectivity index (χ0) is 17.8. The van der Waals surface area contributed by atoms with Crippen molar-refractivity contribution < 1.29 is 19.0 Å². The maximum absolute atomic E-state index is 13.4. The Morgan fingerprint density at radius 1 is 1.36 bits per heavy atom. The van der Waals surface area contributed by atoms with Crippen molar-refractivity contribution in [3.63, 3.8) is 0 Å². The van der Waals surface area contributed by atoms with Crippen LogP contribution in [0.2, 0.25) is 5.02 Å². The third kappa shape index (κ3) is 4.27. The van der Waals surface area contributed by atoms with Crippen molar-refractivity contribution in [1.82, 2.24) is 4.98 Å². The third-order valence-electron chi connectivity index (χ3n) is 4.30. The van der Waals surface area contributed by atoms with E-state index in [0.29, 0.717) is 41.6 Å². The Morgan fingerprint density at radius 2 is 2.12 bits per heavy atom. The fourth-order valence-corrected chi connectivity index (χ4v) is 3.17. The molecule has 1 aromatic heterocycles. The van der Waals surface area contributed by atoms with Crippen LogP contribution in [0.15, 0.2) is 36.5 Å². The lowest BCUT2D eigenvalue weighted by Crippen LogP contribution is -2.36. The van der Waals surface area contributed by atoms with Gasteiger partial charge in [-0.25, -0.2) is 9.78 Å². The fraction of sp³-hybridized carbons (Fsp3) is 0.333. The van der Waals surface area contributed by atoms with Crippen molar-refractivity contribution in [3.05, 3.63) is 47.5 Å². The largest absolute Gasteiger partial charge is 0.465 e. The van der Waals surface area contributed by atoms with Crippen molar-refractivity contribution in [3.8, 4) is 11.1 Å². The molecule has 0 spiro atoms. The lowest BCUT2D eigenvalue weighted by atomic mass is 9.99. The smallest absolute Gasteiger partial charge is 0.411 e. The van der Waals surface area contributed by atoms with Gasteiger partial charge in [-0.2, -0.15) is 4.39 Å². The first kappa shape index (κ1) is 17.6. The van der Waals surface area contributed by atoms with Crippen LogP contribution in [0.5, 0.6) is 0 Å². The van der Waals surface area contributed by atoms with E-state index in [2.05, 4.69) is 4.98 Å². The summed E-state index contributed by atoms with van der Waals surface area (Å²) < 4.78 is 18.8. The maximum atomic E-state index is 13.4. The minimum Gasteiger partial charge on any atom is -0.465 e. The van der Waals surface area contributed by atoms with Crippen LogP contribution in [0.4, 0.5) is 14.9 Å². The van der Waals surface area contributed by atoms with Gasteiger partial charge in [0.25, 0.3) is 0 Å². The van der Waals surface area contributed by atoms with Crippen LogP contribution in [0, 0.1) is 11.9 Å². The number of anilines is 1. The molecule has 1 fully saturated rings. The highest BCUT2D eigenvalue weighted by atomic mass is 35.5. The number of rotatable bonds is 4. The molecule has 1 amide bonds. The van der Waals surface area contributed by atoms with Crippen LogP contribution in [-0.2, 0) is 4.74 Å². The summed E-state index contributed by atoms with van der Waals surface area (Å²) in [7, 11) is 0. The Hall–Kier alpha value is -2.18. The van der Waals surface area contributed by atoms with Crippen molar-refractivity contribution in [2.45, 2.75) is 12.8 Å². The summed E-state index contributed by atoms with van der Waals surface area (Å²) in [6, 6.07) is 8.17. The maximum Gasteiger partial charge on any atom is 0.411 e. The molecule has 132 valence electrons. The zero-order valence-electron chi connectivity index (χ0n) is 13.5. The first-order valence-electron chi connectivity index (χ1n) is 8.04. The summed E-state index contributed by atoms with van der Waals surface area (Å²) in [6.07, 6.45) is 1.90. The molecule has 25 heavy (non-hydrogen) atoms. The van der Waals surface area contributed by atoms with E-state index < -0.39 is 12.0 Å². The molecule has 2 heterocycles. The molecule has 1 N–H and O–H groups in total. The van der Waals surface area contributed by atoms with Gasteiger partial charge in [-0.05, 0) is 36.5 Å². The van der Waals surface area contributed by atoms with Gasteiger partial charge in [-0.1, -0.05) is 23.7 Å². The van der Waals surface area contributed by atoms with Crippen LogP contribution < -0.4 is 4.90 Å². The Labute approximate surface area is 150 Å². The Kier molecular flexibility index (Phi) is 5.50. The average molecular weight is 365 g/mol. The number of hydrogen-bond donors (Lipinski definition) is 1. The number of amides is 1. The summed E-state index contributed by atoms with van der Waals surface area (Å²) in [4.78, 5) is 16.6. The topological polar surface area (TPSA) is 62.7 Å². The molecule has 1 aliphatic heterocycles. The molecule has 2 aromatic rings. The molecule has 0 atom stereocenters. The van der Waals surface area contributed by atoms with E-state index in [1.807, 2.05) is 0 Å². The van der Waals surface area contributed by atoms with Gasteiger partial charge in [0.2, 0.25) is 5.95 Å². The average Bonchev–Trinajstić information content (AvgIpc) is 2.62. The van der Waals surface area contributed by atoms with E-state index in [1.54, 1.807) is 24.3 Å². The molecule has 1 aromatic carbocycles. The second-order valence-electron chi connectivity index (χ2n) is 5.99. The molecule has 1 aliphatic rings. The van der Waals surface area contributed by atoms with E-state index >= 15 is 0 Å². The molecule has 7 heteroatoms. The first-order valence-corrected chi connectivity index (χ1v) is 8.42. The summed E-state index contributed by atoms with van der Waals surface area (Å²) in [5.41, 5.74) is 1.65. The Morgan fingerprint density at radius 3 is 2.84 bits per heavy atom.